The minimum Gasteiger partial charge on any atom is -0.497 e. The van der Waals surface area contributed by atoms with Crippen molar-refractivity contribution in [2.24, 2.45) is 0 Å². The molecule has 0 aliphatic carbocycles. The largest absolute Gasteiger partial charge is 0.497 e. The van der Waals surface area contributed by atoms with Crippen molar-refractivity contribution in [3.05, 3.63) is 50.7 Å². The van der Waals surface area contributed by atoms with Gasteiger partial charge in [0.25, 0.3) is 0 Å². The molecule has 0 radical (unpaired) electrons. The summed E-state index contributed by atoms with van der Waals surface area (Å²) in [7, 11) is 3.14. The predicted octanol–water partition coefficient (Wildman–Crippen LogP) is 3.71. The van der Waals surface area contributed by atoms with Gasteiger partial charge in [-0.1, -0.05) is 0 Å². The quantitative estimate of drug-likeness (QED) is 0.846. The first-order chi connectivity index (χ1) is 9.55. The van der Waals surface area contributed by atoms with E-state index in [4.69, 9.17) is 9.47 Å². The lowest BCUT2D eigenvalue weighted by Crippen LogP contribution is -2.04. The third-order valence-electron chi connectivity index (χ3n) is 2.78. The summed E-state index contributed by atoms with van der Waals surface area (Å²) in [5.74, 6) is 1.23. The van der Waals surface area contributed by atoms with Crippen LogP contribution in [-0.4, -0.2) is 24.3 Å². The SMILES string of the molecule is COc1cc(OC)cc(C(O)c2ncc(Br)cc2Br)c1. The highest BCUT2D eigenvalue weighted by atomic mass is 79.9. The van der Waals surface area contributed by atoms with Gasteiger partial charge in [0, 0.05) is 21.2 Å². The van der Waals surface area contributed by atoms with Crippen molar-refractivity contribution in [3.8, 4) is 11.5 Å². The second-order valence-electron chi connectivity index (χ2n) is 4.07. The minimum absolute atomic E-state index is 0.531. The molecule has 2 rings (SSSR count). The van der Waals surface area contributed by atoms with Crippen molar-refractivity contribution in [2.75, 3.05) is 14.2 Å². The van der Waals surface area contributed by atoms with E-state index in [-0.39, 0.29) is 0 Å². The number of nitrogens with zero attached hydrogens (tertiary/aromatic N) is 1. The second kappa shape index (κ2) is 6.56. The molecule has 1 unspecified atom stereocenters. The molecule has 0 bridgehead atoms. The summed E-state index contributed by atoms with van der Waals surface area (Å²) in [5, 5.41) is 10.5. The van der Waals surface area contributed by atoms with Gasteiger partial charge < -0.3 is 14.6 Å². The Morgan fingerprint density at radius 2 is 1.65 bits per heavy atom. The van der Waals surface area contributed by atoms with Crippen LogP contribution in [0.2, 0.25) is 0 Å². The standard InChI is InChI=1S/C14H13Br2NO3/c1-19-10-3-8(4-11(6-10)20-2)14(18)13-12(16)5-9(15)7-17-13/h3-7,14,18H,1-2H3. The number of benzene rings is 1. The Labute approximate surface area is 134 Å². The Morgan fingerprint density at radius 1 is 1.05 bits per heavy atom. The molecule has 4 nitrogen and oxygen atoms in total. The van der Waals surface area contributed by atoms with Crippen LogP contribution in [-0.2, 0) is 0 Å². The normalized spacial score (nSPS) is 12.1. The predicted molar refractivity (Wildman–Crippen MR) is 83.2 cm³/mol. The number of ether oxygens (including phenoxy) is 2. The van der Waals surface area contributed by atoms with Crippen molar-refractivity contribution >= 4 is 31.9 Å². The highest BCUT2D eigenvalue weighted by molar-refractivity contribution is 9.11. The Kier molecular flexibility index (Phi) is 5.01. The molecular weight excluding hydrogens is 390 g/mol. The van der Waals surface area contributed by atoms with Crippen molar-refractivity contribution < 1.29 is 14.6 Å². The third kappa shape index (κ3) is 3.31. The fourth-order valence-electron chi connectivity index (χ4n) is 1.77. The van der Waals surface area contributed by atoms with Gasteiger partial charge in [0.1, 0.15) is 17.6 Å². The summed E-state index contributed by atoms with van der Waals surface area (Å²) in [6.07, 6.45) is 0.766. The molecule has 0 aliphatic heterocycles. The average Bonchev–Trinajstić information content (AvgIpc) is 2.46. The minimum atomic E-state index is -0.874. The lowest BCUT2D eigenvalue weighted by atomic mass is 10.1. The molecule has 20 heavy (non-hydrogen) atoms. The third-order valence-corrected chi connectivity index (χ3v) is 3.85. The van der Waals surface area contributed by atoms with E-state index in [1.165, 1.54) is 0 Å². The number of hydrogen-bond acceptors (Lipinski definition) is 4. The molecule has 0 saturated heterocycles. The van der Waals surface area contributed by atoms with Gasteiger partial charge in [-0.2, -0.15) is 0 Å². The summed E-state index contributed by atoms with van der Waals surface area (Å²) in [5.41, 5.74) is 1.18. The molecule has 0 spiro atoms. The number of aromatic nitrogens is 1. The topological polar surface area (TPSA) is 51.6 Å². The molecule has 1 aromatic carbocycles. The number of methoxy groups -OCH3 is 2. The number of halogens is 2. The van der Waals surface area contributed by atoms with Gasteiger partial charge in [-0.3, -0.25) is 4.98 Å². The van der Waals surface area contributed by atoms with E-state index in [2.05, 4.69) is 36.8 Å². The Morgan fingerprint density at radius 3 is 2.15 bits per heavy atom. The molecule has 2 aromatic rings. The van der Waals surface area contributed by atoms with E-state index in [1.807, 2.05) is 6.07 Å². The maximum Gasteiger partial charge on any atom is 0.122 e. The molecule has 0 saturated carbocycles. The van der Waals surface area contributed by atoms with Crippen LogP contribution < -0.4 is 9.47 Å². The van der Waals surface area contributed by atoms with Gasteiger partial charge in [0.05, 0.1) is 19.9 Å². The first kappa shape index (κ1) is 15.3. The number of hydrogen-bond donors (Lipinski definition) is 1. The van der Waals surface area contributed by atoms with E-state index in [1.54, 1.807) is 38.6 Å². The highest BCUT2D eigenvalue weighted by Gasteiger charge is 2.17. The van der Waals surface area contributed by atoms with E-state index < -0.39 is 6.10 Å². The zero-order valence-electron chi connectivity index (χ0n) is 10.9. The van der Waals surface area contributed by atoms with Crippen LogP contribution in [0.15, 0.2) is 39.4 Å². The van der Waals surface area contributed by atoms with E-state index in [9.17, 15) is 5.11 Å². The maximum absolute atomic E-state index is 10.5. The van der Waals surface area contributed by atoms with E-state index in [0.717, 1.165) is 8.95 Å². The average molecular weight is 403 g/mol. The maximum atomic E-state index is 10.5. The first-order valence-electron chi connectivity index (χ1n) is 5.77. The van der Waals surface area contributed by atoms with Crippen LogP contribution in [0.5, 0.6) is 11.5 Å². The molecule has 0 aliphatic rings. The number of aliphatic hydroxyl groups is 1. The Balaban J connectivity index is 2.44. The number of aliphatic hydroxyl groups excluding tert-OH is 1. The van der Waals surface area contributed by atoms with Gasteiger partial charge in [-0.25, -0.2) is 0 Å². The Bertz CT molecular complexity index is 597. The first-order valence-corrected chi connectivity index (χ1v) is 7.35. The molecule has 0 amide bonds. The summed E-state index contributed by atoms with van der Waals surface area (Å²) < 4.78 is 12.0. The van der Waals surface area contributed by atoms with Crippen molar-refractivity contribution in [2.45, 2.75) is 6.10 Å². The fraction of sp³-hybridized carbons (Fsp3) is 0.214. The van der Waals surface area contributed by atoms with Crippen LogP contribution in [0.1, 0.15) is 17.4 Å². The van der Waals surface area contributed by atoms with Gasteiger partial charge in [-0.15, -0.1) is 0 Å². The lowest BCUT2D eigenvalue weighted by Gasteiger charge is -2.15. The van der Waals surface area contributed by atoms with Crippen molar-refractivity contribution in [1.82, 2.24) is 4.98 Å². The molecule has 0 fully saturated rings. The van der Waals surface area contributed by atoms with E-state index in [0.29, 0.717) is 22.8 Å². The zero-order valence-corrected chi connectivity index (χ0v) is 14.1. The molecular formula is C14H13Br2NO3. The summed E-state index contributed by atoms with van der Waals surface area (Å²) in [6.45, 7) is 0. The zero-order chi connectivity index (χ0) is 14.7. The van der Waals surface area contributed by atoms with Crippen LogP contribution in [0, 0.1) is 0 Å². The van der Waals surface area contributed by atoms with Gasteiger partial charge in [-0.05, 0) is 55.6 Å². The molecule has 1 heterocycles. The number of pyridine rings is 1. The summed E-state index contributed by atoms with van der Waals surface area (Å²) >= 11 is 6.73. The van der Waals surface area contributed by atoms with Gasteiger partial charge in [0.2, 0.25) is 0 Å². The molecule has 106 valence electrons. The van der Waals surface area contributed by atoms with Crippen LogP contribution in [0.3, 0.4) is 0 Å². The second-order valence-corrected chi connectivity index (χ2v) is 5.84. The summed E-state index contributed by atoms with van der Waals surface area (Å²) in [6, 6.07) is 7.09. The smallest absolute Gasteiger partial charge is 0.122 e. The highest BCUT2D eigenvalue weighted by Crippen LogP contribution is 2.32. The fourth-order valence-corrected chi connectivity index (χ4v) is 2.98. The van der Waals surface area contributed by atoms with Gasteiger partial charge in [0.15, 0.2) is 0 Å². The molecule has 1 aromatic heterocycles. The number of rotatable bonds is 4. The Hall–Kier alpha value is -1.11. The van der Waals surface area contributed by atoms with Crippen molar-refractivity contribution in [1.29, 1.82) is 0 Å². The molecule has 1 N–H and O–H groups in total. The monoisotopic (exact) mass is 401 g/mol. The van der Waals surface area contributed by atoms with Crippen LogP contribution in [0.25, 0.3) is 0 Å². The molecule has 6 heteroatoms. The van der Waals surface area contributed by atoms with E-state index >= 15 is 0 Å². The van der Waals surface area contributed by atoms with Crippen molar-refractivity contribution in [3.63, 3.8) is 0 Å². The lowest BCUT2D eigenvalue weighted by molar-refractivity contribution is 0.213. The van der Waals surface area contributed by atoms with Gasteiger partial charge >= 0.3 is 0 Å². The molecule has 1 atom stereocenters. The van der Waals surface area contributed by atoms with Crippen LogP contribution in [0.4, 0.5) is 0 Å². The summed E-state index contributed by atoms with van der Waals surface area (Å²) in [4.78, 5) is 4.24. The van der Waals surface area contributed by atoms with Crippen LogP contribution >= 0.6 is 31.9 Å².